The van der Waals surface area contributed by atoms with Crippen molar-refractivity contribution in [2.75, 3.05) is 10.5 Å². The maximum atomic E-state index is 12.0. The van der Waals surface area contributed by atoms with E-state index in [0.717, 1.165) is 0 Å². The first-order valence-electron chi connectivity index (χ1n) is 5.78. The Bertz CT molecular complexity index is 615. The van der Waals surface area contributed by atoms with Gasteiger partial charge in [0, 0.05) is 17.7 Å². The molecule has 0 radical (unpaired) electrons. The van der Waals surface area contributed by atoms with Gasteiger partial charge in [-0.3, -0.25) is 4.72 Å². The lowest BCUT2D eigenvalue weighted by Gasteiger charge is -2.10. The van der Waals surface area contributed by atoms with Gasteiger partial charge in [-0.15, -0.1) is 0 Å². The first-order valence-corrected chi connectivity index (χ1v) is 7.43. The second kappa shape index (κ2) is 6.66. The summed E-state index contributed by atoms with van der Waals surface area (Å²) in [7, 11) is -3.90. The summed E-state index contributed by atoms with van der Waals surface area (Å²) in [4.78, 5) is 0. The van der Waals surface area contributed by atoms with Crippen LogP contribution >= 0.6 is 0 Å². The van der Waals surface area contributed by atoms with Gasteiger partial charge in [0.25, 0.3) is 0 Å². The number of halogens is 3. The molecular formula is C11H14F3N3O3S. The monoisotopic (exact) mass is 325 g/mol. The third kappa shape index (κ3) is 6.34. The van der Waals surface area contributed by atoms with Crippen molar-refractivity contribution in [1.82, 2.24) is 0 Å². The van der Waals surface area contributed by atoms with E-state index in [0.29, 0.717) is 0 Å². The van der Waals surface area contributed by atoms with Gasteiger partial charge in [-0.2, -0.15) is 13.2 Å². The number of sulfonamides is 1. The summed E-state index contributed by atoms with van der Waals surface area (Å²) in [6, 6.07) is 5.64. The van der Waals surface area contributed by atoms with Crippen LogP contribution in [0.2, 0.25) is 0 Å². The van der Waals surface area contributed by atoms with E-state index in [4.69, 9.17) is 10.9 Å². The molecule has 0 aliphatic rings. The van der Waals surface area contributed by atoms with Crippen molar-refractivity contribution in [3.63, 3.8) is 0 Å². The molecule has 118 valence electrons. The molecule has 0 saturated heterocycles. The van der Waals surface area contributed by atoms with Crippen molar-refractivity contribution in [2.45, 2.75) is 19.0 Å². The fourth-order valence-electron chi connectivity index (χ4n) is 1.49. The Morgan fingerprint density at radius 1 is 1.38 bits per heavy atom. The lowest BCUT2D eigenvalue weighted by molar-refractivity contribution is -0.134. The molecule has 0 amide bonds. The Labute approximate surface area is 119 Å². The van der Waals surface area contributed by atoms with Gasteiger partial charge in [0.1, 0.15) is 0 Å². The normalized spacial score (nSPS) is 13.2. The minimum atomic E-state index is -4.39. The van der Waals surface area contributed by atoms with Crippen molar-refractivity contribution in [3.05, 3.63) is 29.8 Å². The van der Waals surface area contributed by atoms with E-state index in [1.54, 1.807) is 0 Å². The van der Waals surface area contributed by atoms with E-state index in [1.165, 1.54) is 24.3 Å². The lowest BCUT2D eigenvalue weighted by atomic mass is 10.2. The van der Waals surface area contributed by atoms with Crippen molar-refractivity contribution in [1.29, 1.82) is 0 Å². The number of amidine groups is 1. The third-order valence-corrected chi connectivity index (χ3v) is 3.79. The smallest absolute Gasteiger partial charge is 0.389 e. The molecule has 0 heterocycles. The van der Waals surface area contributed by atoms with Crippen LogP contribution in [0.5, 0.6) is 0 Å². The van der Waals surface area contributed by atoms with Crippen LogP contribution in [0.3, 0.4) is 0 Å². The number of nitrogens with zero attached hydrogens (tertiary/aromatic N) is 1. The van der Waals surface area contributed by atoms with Gasteiger partial charge >= 0.3 is 6.18 Å². The lowest BCUT2D eigenvalue weighted by Crippen LogP contribution is -2.19. The first-order chi connectivity index (χ1) is 9.63. The highest BCUT2D eigenvalue weighted by molar-refractivity contribution is 7.92. The minimum absolute atomic E-state index is 0.117. The van der Waals surface area contributed by atoms with Gasteiger partial charge in [0.15, 0.2) is 5.84 Å². The number of hydrogen-bond acceptors (Lipinski definition) is 4. The number of rotatable bonds is 6. The van der Waals surface area contributed by atoms with Crippen LogP contribution in [-0.4, -0.2) is 31.4 Å². The quantitative estimate of drug-likeness (QED) is 0.321. The van der Waals surface area contributed by atoms with Crippen LogP contribution in [0.1, 0.15) is 18.4 Å². The van der Waals surface area contributed by atoms with E-state index in [1.807, 2.05) is 0 Å². The molecule has 0 aromatic heterocycles. The Kier molecular flexibility index (Phi) is 5.41. The van der Waals surface area contributed by atoms with Crippen LogP contribution in [-0.2, 0) is 10.0 Å². The zero-order valence-corrected chi connectivity index (χ0v) is 11.6. The van der Waals surface area contributed by atoms with Crippen LogP contribution in [0, 0.1) is 0 Å². The molecule has 0 saturated carbocycles. The van der Waals surface area contributed by atoms with Gasteiger partial charge in [0.05, 0.1) is 5.75 Å². The molecule has 6 nitrogen and oxygen atoms in total. The highest BCUT2D eigenvalue weighted by atomic mass is 32.2. The molecule has 1 aromatic carbocycles. The second-order valence-corrected chi connectivity index (χ2v) is 6.05. The highest BCUT2D eigenvalue weighted by Gasteiger charge is 2.27. The van der Waals surface area contributed by atoms with Crippen molar-refractivity contribution in [3.8, 4) is 0 Å². The highest BCUT2D eigenvalue weighted by Crippen LogP contribution is 2.22. The predicted molar refractivity (Wildman–Crippen MR) is 71.7 cm³/mol. The number of oxime groups is 1. The van der Waals surface area contributed by atoms with Crippen LogP contribution in [0.25, 0.3) is 0 Å². The van der Waals surface area contributed by atoms with E-state index in [-0.39, 0.29) is 17.1 Å². The molecule has 21 heavy (non-hydrogen) atoms. The average Bonchev–Trinajstić information content (AvgIpc) is 2.35. The second-order valence-electron chi connectivity index (χ2n) is 4.21. The molecular weight excluding hydrogens is 311 g/mol. The maximum absolute atomic E-state index is 12.0. The third-order valence-electron chi connectivity index (χ3n) is 2.41. The first kappa shape index (κ1) is 17.1. The zero-order chi connectivity index (χ0) is 16.1. The Hall–Kier alpha value is -1.97. The molecule has 0 aliphatic carbocycles. The molecule has 0 fully saturated rings. The average molecular weight is 325 g/mol. The van der Waals surface area contributed by atoms with Crippen LogP contribution < -0.4 is 10.5 Å². The van der Waals surface area contributed by atoms with E-state index in [2.05, 4.69) is 9.88 Å². The summed E-state index contributed by atoms with van der Waals surface area (Å²) >= 11 is 0. The van der Waals surface area contributed by atoms with Crippen molar-refractivity contribution >= 4 is 21.5 Å². The Morgan fingerprint density at radius 2 is 2.05 bits per heavy atom. The number of nitrogens with two attached hydrogens (primary N) is 1. The fourth-order valence-corrected chi connectivity index (χ4v) is 2.61. The molecule has 0 unspecified atom stereocenters. The summed E-state index contributed by atoms with van der Waals surface area (Å²) in [6.45, 7) is 0. The number of benzene rings is 1. The predicted octanol–water partition coefficient (Wildman–Crippen LogP) is 1.87. The summed E-state index contributed by atoms with van der Waals surface area (Å²) in [5.74, 6) is -0.867. The van der Waals surface area contributed by atoms with Gasteiger partial charge in [0.2, 0.25) is 10.0 Å². The van der Waals surface area contributed by atoms with E-state index in [9.17, 15) is 21.6 Å². The molecule has 4 N–H and O–H groups in total. The summed E-state index contributed by atoms with van der Waals surface area (Å²) in [6.07, 6.45) is -6.09. The molecule has 1 rings (SSSR count). The van der Waals surface area contributed by atoms with Crippen LogP contribution in [0.15, 0.2) is 29.4 Å². The number of alkyl halides is 3. The van der Waals surface area contributed by atoms with E-state index < -0.39 is 34.8 Å². The van der Waals surface area contributed by atoms with Crippen LogP contribution in [0.4, 0.5) is 18.9 Å². The Morgan fingerprint density at radius 3 is 2.62 bits per heavy atom. The largest absolute Gasteiger partial charge is 0.409 e. The molecule has 0 spiro atoms. The molecule has 10 heteroatoms. The molecule has 0 aliphatic heterocycles. The maximum Gasteiger partial charge on any atom is 0.389 e. The zero-order valence-electron chi connectivity index (χ0n) is 10.8. The number of nitrogens with one attached hydrogen (secondary N) is 1. The molecule has 1 aromatic rings. The standard InChI is InChI=1S/C11H14F3N3O3S/c12-11(13,14)5-2-6-21(19,20)17-9-4-1-3-8(7-9)10(15)16-18/h1,3-4,7,17-18H,2,5-6H2,(H2,15,16). The number of hydrogen-bond donors (Lipinski definition) is 3. The minimum Gasteiger partial charge on any atom is -0.409 e. The van der Waals surface area contributed by atoms with Crippen molar-refractivity contribution in [2.24, 2.45) is 10.9 Å². The van der Waals surface area contributed by atoms with Gasteiger partial charge in [-0.05, 0) is 18.6 Å². The summed E-state index contributed by atoms with van der Waals surface area (Å²) in [5, 5.41) is 11.3. The van der Waals surface area contributed by atoms with Crippen molar-refractivity contribution < 1.29 is 26.8 Å². The summed E-state index contributed by atoms with van der Waals surface area (Å²) < 4.78 is 61.3. The fraction of sp³-hybridized carbons (Fsp3) is 0.364. The van der Waals surface area contributed by atoms with Gasteiger partial charge in [-0.25, -0.2) is 8.42 Å². The molecule has 0 bridgehead atoms. The van der Waals surface area contributed by atoms with E-state index >= 15 is 0 Å². The SMILES string of the molecule is N/C(=N/O)c1cccc(NS(=O)(=O)CCCC(F)(F)F)c1. The summed E-state index contributed by atoms with van der Waals surface area (Å²) in [5.41, 5.74) is 5.74. The molecule has 0 atom stereocenters. The number of anilines is 1. The Balaban J connectivity index is 2.71. The van der Waals surface area contributed by atoms with Gasteiger partial charge < -0.3 is 10.9 Å². The van der Waals surface area contributed by atoms with Gasteiger partial charge in [-0.1, -0.05) is 17.3 Å². The topological polar surface area (TPSA) is 105 Å².